The fourth-order valence-corrected chi connectivity index (χ4v) is 3.46. The van der Waals surface area contributed by atoms with Gasteiger partial charge in [0.1, 0.15) is 0 Å². The fraction of sp³-hybridized carbons (Fsp3) is 1.00. The van der Waals surface area contributed by atoms with E-state index in [0.29, 0.717) is 12.2 Å². The van der Waals surface area contributed by atoms with Gasteiger partial charge >= 0.3 is 0 Å². The van der Waals surface area contributed by atoms with Crippen LogP contribution in [0.1, 0.15) is 38.5 Å². The van der Waals surface area contributed by atoms with Crippen LogP contribution in [0.3, 0.4) is 0 Å². The number of ether oxygens (including phenoxy) is 2. The highest BCUT2D eigenvalue weighted by molar-refractivity contribution is 5.06. The summed E-state index contributed by atoms with van der Waals surface area (Å²) < 4.78 is 11.4. The van der Waals surface area contributed by atoms with Gasteiger partial charge in [-0.3, -0.25) is 0 Å². The van der Waals surface area contributed by atoms with Gasteiger partial charge in [-0.25, -0.2) is 0 Å². The third kappa shape index (κ3) is 1.52. The van der Waals surface area contributed by atoms with Gasteiger partial charge < -0.3 is 14.6 Å². The maximum Gasteiger partial charge on any atom is 0.0834 e. The predicted octanol–water partition coefficient (Wildman–Crippen LogP) is 1.49. The van der Waals surface area contributed by atoms with Crippen LogP contribution < -0.4 is 0 Å². The van der Waals surface area contributed by atoms with Crippen LogP contribution in [0.25, 0.3) is 0 Å². The first-order chi connectivity index (χ1) is 7.31. The second-order valence-electron chi connectivity index (χ2n) is 5.30. The average Bonchev–Trinajstić information content (AvgIpc) is 2.89. The van der Waals surface area contributed by atoms with Crippen molar-refractivity contribution in [3.05, 3.63) is 0 Å². The molecule has 0 aromatic heterocycles. The minimum absolute atomic E-state index is 0.104. The maximum atomic E-state index is 9.93. The topological polar surface area (TPSA) is 38.7 Å². The van der Waals surface area contributed by atoms with Gasteiger partial charge in [-0.1, -0.05) is 12.8 Å². The van der Waals surface area contributed by atoms with E-state index in [4.69, 9.17) is 9.47 Å². The zero-order chi connectivity index (χ0) is 10.3. The molecule has 0 radical (unpaired) electrons. The lowest BCUT2D eigenvalue weighted by Crippen LogP contribution is -2.57. The molecule has 3 aliphatic rings. The van der Waals surface area contributed by atoms with Crippen molar-refractivity contribution in [2.24, 2.45) is 5.41 Å². The molecule has 1 spiro atoms. The van der Waals surface area contributed by atoms with Crippen molar-refractivity contribution >= 4 is 0 Å². The van der Waals surface area contributed by atoms with Gasteiger partial charge in [0, 0.05) is 18.4 Å². The first-order valence-corrected chi connectivity index (χ1v) is 6.22. The van der Waals surface area contributed by atoms with Crippen LogP contribution in [0.5, 0.6) is 0 Å². The molecule has 3 nitrogen and oxygen atoms in total. The summed E-state index contributed by atoms with van der Waals surface area (Å²) in [6.45, 7) is 1.59. The molecule has 0 bridgehead atoms. The third-order valence-corrected chi connectivity index (χ3v) is 4.52. The van der Waals surface area contributed by atoms with Crippen molar-refractivity contribution < 1.29 is 14.6 Å². The van der Waals surface area contributed by atoms with Crippen LogP contribution in [-0.2, 0) is 9.47 Å². The Bertz CT molecular complexity index is 229. The Morgan fingerprint density at radius 1 is 1.27 bits per heavy atom. The second-order valence-corrected chi connectivity index (χ2v) is 5.30. The molecule has 15 heavy (non-hydrogen) atoms. The molecule has 0 amide bonds. The lowest BCUT2D eigenvalue weighted by Gasteiger charge is -2.52. The summed E-state index contributed by atoms with van der Waals surface area (Å²) in [6.07, 6.45) is 7.21. The summed E-state index contributed by atoms with van der Waals surface area (Å²) in [4.78, 5) is 0. The summed E-state index contributed by atoms with van der Waals surface area (Å²) in [5, 5.41) is 9.93. The number of hydrogen-bond acceptors (Lipinski definition) is 3. The predicted molar refractivity (Wildman–Crippen MR) is 55.6 cm³/mol. The van der Waals surface area contributed by atoms with Crippen molar-refractivity contribution in [1.82, 2.24) is 0 Å². The highest BCUT2D eigenvalue weighted by Crippen LogP contribution is 2.55. The number of rotatable bonds is 2. The van der Waals surface area contributed by atoms with Crippen LogP contribution in [-0.4, -0.2) is 36.6 Å². The van der Waals surface area contributed by atoms with Crippen LogP contribution >= 0.6 is 0 Å². The zero-order valence-electron chi connectivity index (χ0n) is 9.15. The van der Waals surface area contributed by atoms with Crippen molar-refractivity contribution in [3.8, 4) is 0 Å². The summed E-state index contributed by atoms with van der Waals surface area (Å²) in [7, 11) is 0. The van der Waals surface area contributed by atoms with Crippen LogP contribution in [0.4, 0.5) is 0 Å². The Hall–Kier alpha value is -0.120. The lowest BCUT2D eigenvalue weighted by atomic mass is 9.62. The van der Waals surface area contributed by atoms with Gasteiger partial charge in [0.2, 0.25) is 0 Å². The highest BCUT2D eigenvalue weighted by atomic mass is 16.6. The fourth-order valence-electron chi connectivity index (χ4n) is 3.46. The molecule has 1 heterocycles. The molecular formula is C12H20O3. The molecular weight excluding hydrogens is 192 g/mol. The molecule has 2 saturated carbocycles. The Kier molecular flexibility index (Phi) is 2.49. The second kappa shape index (κ2) is 3.72. The van der Waals surface area contributed by atoms with E-state index in [0.717, 1.165) is 38.9 Å². The first kappa shape index (κ1) is 10.1. The van der Waals surface area contributed by atoms with Crippen LogP contribution in [0, 0.1) is 5.41 Å². The molecule has 1 saturated heterocycles. The Labute approximate surface area is 90.8 Å². The highest BCUT2D eigenvalue weighted by Gasteiger charge is 2.56. The molecule has 3 heteroatoms. The molecule has 86 valence electrons. The SMILES string of the molecule is OC1CC(OC2CCOC2)C12CCCC2. The Morgan fingerprint density at radius 3 is 2.67 bits per heavy atom. The quantitative estimate of drug-likeness (QED) is 0.753. The smallest absolute Gasteiger partial charge is 0.0834 e. The molecule has 1 aliphatic heterocycles. The van der Waals surface area contributed by atoms with E-state index < -0.39 is 0 Å². The molecule has 3 fully saturated rings. The van der Waals surface area contributed by atoms with Crippen molar-refractivity contribution in [2.75, 3.05) is 13.2 Å². The summed E-state index contributed by atoms with van der Waals surface area (Å²) in [5.74, 6) is 0. The molecule has 3 atom stereocenters. The monoisotopic (exact) mass is 212 g/mol. The molecule has 0 aromatic rings. The lowest BCUT2D eigenvalue weighted by molar-refractivity contribution is -0.206. The standard InChI is InChI=1S/C12H20O3/c13-10-7-11(12(10)4-1-2-5-12)15-9-3-6-14-8-9/h9-11,13H,1-8H2. The van der Waals surface area contributed by atoms with Crippen molar-refractivity contribution in [3.63, 3.8) is 0 Å². The third-order valence-electron chi connectivity index (χ3n) is 4.52. The first-order valence-electron chi connectivity index (χ1n) is 6.22. The largest absolute Gasteiger partial charge is 0.392 e. The number of aliphatic hydroxyl groups excluding tert-OH is 1. The van der Waals surface area contributed by atoms with E-state index in [9.17, 15) is 5.11 Å². The normalized spacial score (nSPS) is 43.4. The Balaban J connectivity index is 1.62. The van der Waals surface area contributed by atoms with Gasteiger partial charge in [-0.15, -0.1) is 0 Å². The van der Waals surface area contributed by atoms with Crippen molar-refractivity contribution in [2.45, 2.75) is 56.8 Å². The zero-order valence-corrected chi connectivity index (χ0v) is 9.15. The average molecular weight is 212 g/mol. The maximum absolute atomic E-state index is 9.93. The van der Waals surface area contributed by atoms with E-state index in [2.05, 4.69) is 0 Å². The van der Waals surface area contributed by atoms with Gasteiger partial charge in [0.25, 0.3) is 0 Å². The molecule has 0 aromatic carbocycles. The van der Waals surface area contributed by atoms with Crippen LogP contribution in [0.2, 0.25) is 0 Å². The van der Waals surface area contributed by atoms with Gasteiger partial charge in [0.05, 0.1) is 24.9 Å². The molecule has 3 rings (SSSR count). The number of aliphatic hydroxyl groups is 1. The van der Waals surface area contributed by atoms with Gasteiger partial charge in [-0.05, 0) is 19.3 Å². The van der Waals surface area contributed by atoms with E-state index in [1.54, 1.807) is 0 Å². The summed E-state index contributed by atoms with van der Waals surface area (Å²) in [5.41, 5.74) is 0.128. The minimum atomic E-state index is -0.104. The van der Waals surface area contributed by atoms with E-state index in [-0.39, 0.29) is 11.5 Å². The van der Waals surface area contributed by atoms with E-state index >= 15 is 0 Å². The van der Waals surface area contributed by atoms with Crippen molar-refractivity contribution in [1.29, 1.82) is 0 Å². The Morgan fingerprint density at radius 2 is 2.07 bits per heavy atom. The summed E-state index contributed by atoms with van der Waals surface area (Å²) >= 11 is 0. The van der Waals surface area contributed by atoms with Crippen LogP contribution in [0.15, 0.2) is 0 Å². The molecule has 3 unspecified atom stereocenters. The van der Waals surface area contributed by atoms with E-state index in [1.807, 2.05) is 0 Å². The minimum Gasteiger partial charge on any atom is -0.392 e. The van der Waals surface area contributed by atoms with E-state index in [1.165, 1.54) is 12.8 Å². The molecule has 1 N–H and O–H groups in total. The van der Waals surface area contributed by atoms with Gasteiger partial charge in [-0.2, -0.15) is 0 Å². The summed E-state index contributed by atoms with van der Waals surface area (Å²) in [6, 6.07) is 0. The van der Waals surface area contributed by atoms with Gasteiger partial charge in [0.15, 0.2) is 0 Å². The molecule has 2 aliphatic carbocycles. The number of hydrogen-bond donors (Lipinski definition) is 1.